The number of nitrogens with one attached hydrogen (secondary N) is 2. The van der Waals surface area contributed by atoms with Crippen molar-refractivity contribution in [3.63, 3.8) is 0 Å². The molecule has 7 heteroatoms. The average Bonchev–Trinajstić information content (AvgIpc) is 3.60. The van der Waals surface area contributed by atoms with E-state index in [-0.39, 0.29) is 5.82 Å². The Bertz CT molecular complexity index is 1980. The first kappa shape index (κ1) is 23.8. The van der Waals surface area contributed by atoms with Gasteiger partial charge in [0.1, 0.15) is 23.9 Å². The topological polar surface area (TPSA) is 79.5 Å². The minimum Gasteiger partial charge on any atom is -0.487 e. The highest BCUT2D eigenvalue weighted by molar-refractivity contribution is 6.01. The Balaban J connectivity index is 1.26. The Morgan fingerprint density at radius 3 is 2.48 bits per heavy atom. The lowest BCUT2D eigenvalue weighted by Crippen LogP contribution is -1.96. The fourth-order valence-corrected chi connectivity index (χ4v) is 5.09. The van der Waals surface area contributed by atoms with Crippen molar-refractivity contribution in [1.82, 2.24) is 25.1 Å². The fourth-order valence-electron chi connectivity index (χ4n) is 5.09. The van der Waals surface area contributed by atoms with Crippen molar-refractivity contribution in [3.8, 4) is 39.5 Å². The molecule has 194 valence electrons. The second-order valence-corrected chi connectivity index (χ2v) is 9.78. The van der Waals surface area contributed by atoms with Crippen LogP contribution in [0, 0.1) is 12.7 Å². The molecule has 4 aromatic heterocycles. The molecule has 6 nitrogen and oxygen atoms in total. The maximum atomic E-state index is 13.5. The zero-order valence-corrected chi connectivity index (χ0v) is 21.6. The van der Waals surface area contributed by atoms with Gasteiger partial charge < -0.3 is 9.72 Å². The van der Waals surface area contributed by atoms with Crippen molar-refractivity contribution < 1.29 is 9.13 Å². The van der Waals surface area contributed by atoms with Crippen molar-refractivity contribution >= 4 is 21.8 Å². The molecule has 0 radical (unpaired) electrons. The molecule has 0 saturated heterocycles. The highest BCUT2D eigenvalue weighted by Crippen LogP contribution is 2.36. The van der Waals surface area contributed by atoms with E-state index in [2.05, 4.69) is 50.3 Å². The number of benzene rings is 3. The molecule has 0 saturated carbocycles. The summed E-state index contributed by atoms with van der Waals surface area (Å²) in [4.78, 5) is 12.5. The van der Waals surface area contributed by atoms with Gasteiger partial charge in [-0.25, -0.2) is 4.39 Å². The van der Waals surface area contributed by atoms with Gasteiger partial charge >= 0.3 is 0 Å². The van der Waals surface area contributed by atoms with Crippen LogP contribution in [0.2, 0.25) is 0 Å². The lowest BCUT2D eigenvalue weighted by atomic mass is 9.98. The lowest BCUT2D eigenvalue weighted by molar-refractivity contribution is 0.305. The van der Waals surface area contributed by atoms with Crippen molar-refractivity contribution in [1.29, 1.82) is 0 Å². The van der Waals surface area contributed by atoms with Gasteiger partial charge in [0.25, 0.3) is 0 Å². The van der Waals surface area contributed by atoms with E-state index < -0.39 is 0 Å². The van der Waals surface area contributed by atoms with Crippen molar-refractivity contribution in [3.05, 3.63) is 120 Å². The summed E-state index contributed by atoms with van der Waals surface area (Å²) in [5.74, 6) is 0.438. The summed E-state index contributed by atoms with van der Waals surface area (Å²) in [5.41, 5.74) is 9.41. The number of hydrogen-bond donors (Lipinski definition) is 2. The smallest absolute Gasteiger partial charge is 0.138 e. The molecule has 7 aromatic rings. The minimum absolute atomic E-state index is 0.275. The number of hydrogen-bond acceptors (Lipinski definition) is 4. The molecule has 0 spiro atoms. The van der Waals surface area contributed by atoms with E-state index in [9.17, 15) is 4.39 Å². The van der Waals surface area contributed by atoms with Gasteiger partial charge in [-0.1, -0.05) is 30.3 Å². The number of rotatable bonds is 6. The van der Waals surface area contributed by atoms with Crippen molar-refractivity contribution in [2.45, 2.75) is 13.5 Å². The number of aromatic amines is 2. The Labute approximate surface area is 229 Å². The standard InChI is InChI=1S/C33H24FN5O/c1-20-13-30-27(15-26(20)23-14-25(18-35-17-23)40-19-21-5-3-2-4-6-21)33(39-38-30)31-16-28-29(37-31)11-12-36-32(28)22-7-9-24(34)10-8-22/h2-18,37H,19H2,1H3,(H,38,39). The van der Waals surface area contributed by atoms with E-state index in [1.165, 1.54) is 12.1 Å². The van der Waals surface area contributed by atoms with Gasteiger partial charge in [-0.15, -0.1) is 0 Å². The first-order valence-corrected chi connectivity index (χ1v) is 13.0. The van der Waals surface area contributed by atoms with Gasteiger partial charge in [0.15, 0.2) is 0 Å². The third-order valence-corrected chi connectivity index (χ3v) is 7.10. The quantitative estimate of drug-likeness (QED) is 0.232. The predicted octanol–water partition coefficient (Wildman–Crippen LogP) is 7.86. The molecule has 0 aliphatic rings. The molecule has 0 aliphatic heterocycles. The summed E-state index contributed by atoms with van der Waals surface area (Å²) in [6.45, 7) is 2.56. The third-order valence-electron chi connectivity index (χ3n) is 7.10. The van der Waals surface area contributed by atoms with E-state index in [0.717, 1.165) is 66.7 Å². The number of fused-ring (bicyclic) bond motifs is 2. The molecule has 0 bridgehead atoms. The van der Waals surface area contributed by atoms with Crippen LogP contribution in [-0.2, 0) is 6.61 Å². The second kappa shape index (κ2) is 9.78. The summed E-state index contributed by atoms with van der Waals surface area (Å²) >= 11 is 0. The van der Waals surface area contributed by atoms with Gasteiger partial charge in [-0.3, -0.25) is 15.1 Å². The number of aryl methyl sites for hydroxylation is 1. The van der Waals surface area contributed by atoms with E-state index in [0.29, 0.717) is 12.4 Å². The molecule has 0 atom stereocenters. The number of aromatic nitrogens is 5. The largest absolute Gasteiger partial charge is 0.487 e. The molecule has 40 heavy (non-hydrogen) atoms. The second-order valence-electron chi connectivity index (χ2n) is 9.78. The Morgan fingerprint density at radius 1 is 0.800 bits per heavy atom. The summed E-state index contributed by atoms with van der Waals surface area (Å²) in [7, 11) is 0. The number of nitrogens with zero attached hydrogens (tertiary/aromatic N) is 3. The maximum Gasteiger partial charge on any atom is 0.138 e. The summed E-state index contributed by atoms with van der Waals surface area (Å²) in [6.07, 6.45) is 5.35. The Morgan fingerprint density at radius 2 is 1.62 bits per heavy atom. The molecule has 0 fully saturated rings. The summed E-state index contributed by atoms with van der Waals surface area (Å²) in [5, 5.41) is 9.78. The van der Waals surface area contributed by atoms with Gasteiger partial charge in [0.05, 0.1) is 23.1 Å². The predicted molar refractivity (Wildman–Crippen MR) is 155 cm³/mol. The van der Waals surface area contributed by atoms with Crippen LogP contribution in [0.5, 0.6) is 5.75 Å². The average molecular weight is 526 g/mol. The van der Waals surface area contributed by atoms with E-state index in [1.807, 2.05) is 48.7 Å². The first-order chi connectivity index (χ1) is 19.6. The van der Waals surface area contributed by atoms with Crippen molar-refractivity contribution in [2.24, 2.45) is 0 Å². The Kier molecular flexibility index (Phi) is 5.82. The van der Waals surface area contributed by atoms with Crippen LogP contribution in [0.15, 0.2) is 104 Å². The zero-order valence-electron chi connectivity index (χ0n) is 21.6. The molecule has 0 aliphatic carbocycles. The monoisotopic (exact) mass is 525 g/mol. The fraction of sp³-hybridized carbons (Fsp3) is 0.0606. The van der Waals surface area contributed by atoms with Crippen LogP contribution in [0.1, 0.15) is 11.1 Å². The molecular weight excluding hydrogens is 501 g/mol. The van der Waals surface area contributed by atoms with Gasteiger partial charge in [-0.05, 0) is 78.2 Å². The summed E-state index contributed by atoms with van der Waals surface area (Å²) in [6, 6.07) is 26.7. The number of halogens is 1. The molecular formula is C33H24FN5O. The van der Waals surface area contributed by atoms with Crippen LogP contribution in [0.3, 0.4) is 0 Å². The highest BCUT2D eigenvalue weighted by Gasteiger charge is 2.16. The highest BCUT2D eigenvalue weighted by atomic mass is 19.1. The van der Waals surface area contributed by atoms with Crippen molar-refractivity contribution in [2.75, 3.05) is 0 Å². The number of H-pyrrole nitrogens is 2. The Hall–Kier alpha value is -5.30. The number of ether oxygens (including phenoxy) is 1. The van der Waals surface area contributed by atoms with E-state index in [4.69, 9.17) is 4.74 Å². The van der Waals surface area contributed by atoms with Crippen LogP contribution in [0.4, 0.5) is 4.39 Å². The van der Waals surface area contributed by atoms with Crippen LogP contribution >= 0.6 is 0 Å². The maximum absolute atomic E-state index is 13.5. The van der Waals surface area contributed by atoms with E-state index >= 15 is 0 Å². The van der Waals surface area contributed by atoms with Gasteiger partial charge in [0.2, 0.25) is 0 Å². The summed E-state index contributed by atoms with van der Waals surface area (Å²) < 4.78 is 19.6. The van der Waals surface area contributed by atoms with Gasteiger partial charge in [0, 0.05) is 39.8 Å². The van der Waals surface area contributed by atoms with Crippen LogP contribution in [0.25, 0.3) is 55.6 Å². The zero-order chi connectivity index (χ0) is 27.1. The van der Waals surface area contributed by atoms with E-state index in [1.54, 1.807) is 24.5 Å². The number of pyridine rings is 2. The molecule has 2 N–H and O–H groups in total. The first-order valence-electron chi connectivity index (χ1n) is 13.0. The molecule has 0 unspecified atom stereocenters. The minimum atomic E-state index is -0.275. The lowest BCUT2D eigenvalue weighted by Gasteiger charge is -2.10. The SMILES string of the molecule is Cc1cc2[nH]nc(-c3cc4c(-c5ccc(F)cc5)nccc4[nH]3)c2cc1-c1cncc(OCc2ccccc2)c1. The third kappa shape index (κ3) is 4.37. The molecule has 0 amide bonds. The van der Waals surface area contributed by atoms with Crippen LogP contribution in [-0.4, -0.2) is 25.1 Å². The molecule has 3 aromatic carbocycles. The molecule has 7 rings (SSSR count). The van der Waals surface area contributed by atoms with Crippen LogP contribution < -0.4 is 4.74 Å². The normalized spacial score (nSPS) is 11.3. The molecule has 4 heterocycles. The van der Waals surface area contributed by atoms with Gasteiger partial charge in [-0.2, -0.15) is 5.10 Å².